The van der Waals surface area contributed by atoms with E-state index >= 15 is 0 Å². The van der Waals surface area contributed by atoms with Crippen molar-refractivity contribution >= 4 is 23.2 Å². The Morgan fingerprint density at radius 2 is 1.48 bits per heavy atom. The monoisotopic (exact) mass is 350 g/mol. The molecule has 0 fully saturated rings. The van der Waals surface area contributed by atoms with Gasteiger partial charge in [0.15, 0.2) is 0 Å². The molecule has 0 saturated heterocycles. The van der Waals surface area contributed by atoms with Gasteiger partial charge in [-0.1, -0.05) is 66.2 Å². The Morgan fingerprint density at radius 3 is 2.28 bits per heavy atom. The molecule has 0 aromatic heterocycles. The van der Waals surface area contributed by atoms with Gasteiger partial charge in [0.25, 0.3) is 5.91 Å². The van der Waals surface area contributed by atoms with Crippen LogP contribution in [0.25, 0.3) is 0 Å². The molecule has 2 N–H and O–H groups in total. The molecule has 3 nitrogen and oxygen atoms in total. The predicted molar refractivity (Wildman–Crippen MR) is 103 cm³/mol. The average molecular weight is 351 g/mol. The Labute approximate surface area is 152 Å². The summed E-state index contributed by atoms with van der Waals surface area (Å²) in [6, 6.07) is 25.1. The second-order valence-corrected chi connectivity index (χ2v) is 6.13. The number of amides is 1. The molecule has 0 atom stereocenters. The quantitative estimate of drug-likeness (QED) is 0.665. The number of hydrogen-bond acceptors (Lipinski definition) is 2. The van der Waals surface area contributed by atoms with Crippen molar-refractivity contribution < 1.29 is 4.79 Å². The van der Waals surface area contributed by atoms with Crippen molar-refractivity contribution in [2.75, 3.05) is 5.32 Å². The van der Waals surface area contributed by atoms with Gasteiger partial charge in [0.05, 0.1) is 10.6 Å². The molecule has 0 aliphatic carbocycles. The first kappa shape index (κ1) is 17.2. The number of carbonyl (C=O) groups is 1. The van der Waals surface area contributed by atoms with Crippen molar-refractivity contribution in [2.24, 2.45) is 0 Å². The molecule has 0 heterocycles. The lowest BCUT2D eigenvalue weighted by Gasteiger charge is -2.09. The van der Waals surface area contributed by atoms with Gasteiger partial charge in [0.1, 0.15) is 0 Å². The van der Waals surface area contributed by atoms with E-state index in [2.05, 4.69) is 22.8 Å². The molecule has 0 aliphatic rings. The smallest absolute Gasteiger partial charge is 0.257 e. The molecule has 0 bridgehead atoms. The summed E-state index contributed by atoms with van der Waals surface area (Å²) in [5, 5.41) is 6.75. The van der Waals surface area contributed by atoms with Crippen LogP contribution in [-0.4, -0.2) is 5.91 Å². The first-order valence-corrected chi connectivity index (χ1v) is 8.49. The Kier molecular flexibility index (Phi) is 5.83. The first-order valence-electron chi connectivity index (χ1n) is 8.12. The zero-order valence-electron chi connectivity index (χ0n) is 13.7. The number of rotatable bonds is 6. The van der Waals surface area contributed by atoms with Crippen LogP contribution in [0.3, 0.4) is 0 Å². The number of halogens is 1. The molecule has 0 saturated carbocycles. The van der Waals surface area contributed by atoms with Gasteiger partial charge < -0.3 is 10.6 Å². The summed E-state index contributed by atoms with van der Waals surface area (Å²) in [4.78, 5) is 12.3. The minimum atomic E-state index is -0.208. The lowest BCUT2D eigenvalue weighted by molar-refractivity contribution is 0.102. The molecule has 3 rings (SSSR count). The topological polar surface area (TPSA) is 41.1 Å². The Balaban J connectivity index is 1.59. The minimum Gasteiger partial charge on any atom is -0.322 e. The highest BCUT2D eigenvalue weighted by molar-refractivity contribution is 6.34. The molecule has 126 valence electrons. The van der Waals surface area contributed by atoms with Gasteiger partial charge in [-0.2, -0.15) is 0 Å². The van der Waals surface area contributed by atoms with Crippen LogP contribution in [0.2, 0.25) is 5.02 Å². The highest BCUT2D eigenvalue weighted by Gasteiger charge is 2.09. The molecule has 1 amide bonds. The fourth-order valence-electron chi connectivity index (χ4n) is 2.55. The Bertz CT molecular complexity index is 849. The molecular formula is C21H19ClN2O. The minimum absolute atomic E-state index is 0.208. The van der Waals surface area contributed by atoms with Crippen LogP contribution in [0, 0.1) is 0 Å². The highest BCUT2D eigenvalue weighted by atomic mass is 35.5. The van der Waals surface area contributed by atoms with Crippen molar-refractivity contribution in [3.05, 3.63) is 101 Å². The van der Waals surface area contributed by atoms with Gasteiger partial charge in [0, 0.05) is 18.8 Å². The van der Waals surface area contributed by atoms with Crippen molar-refractivity contribution in [1.82, 2.24) is 5.32 Å². The SMILES string of the molecule is O=C(Nc1cccc(CNCc2ccccc2)c1)c1ccccc1Cl. The maximum absolute atomic E-state index is 12.3. The van der Waals surface area contributed by atoms with Crippen LogP contribution in [0.5, 0.6) is 0 Å². The van der Waals surface area contributed by atoms with Crippen LogP contribution in [0.15, 0.2) is 78.9 Å². The van der Waals surface area contributed by atoms with E-state index in [4.69, 9.17) is 11.6 Å². The number of nitrogens with one attached hydrogen (secondary N) is 2. The van der Waals surface area contributed by atoms with E-state index in [0.717, 1.165) is 24.3 Å². The van der Waals surface area contributed by atoms with Crippen molar-refractivity contribution in [2.45, 2.75) is 13.1 Å². The lowest BCUT2D eigenvalue weighted by atomic mass is 10.1. The van der Waals surface area contributed by atoms with E-state index in [-0.39, 0.29) is 5.91 Å². The maximum atomic E-state index is 12.3. The van der Waals surface area contributed by atoms with Gasteiger partial charge in [-0.3, -0.25) is 4.79 Å². The second-order valence-electron chi connectivity index (χ2n) is 5.72. The van der Waals surface area contributed by atoms with E-state index in [1.165, 1.54) is 5.56 Å². The third-order valence-electron chi connectivity index (χ3n) is 3.80. The third kappa shape index (κ3) is 4.92. The summed E-state index contributed by atoms with van der Waals surface area (Å²) in [6.07, 6.45) is 0. The second kappa shape index (κ2) is 8.47. The Hall–Kier alpha value is -2.62. The van der Waals surface area contributed by atoms with Crippen LogP contribution >= 0.6 is 11.6 Å². The summed E-state index contributed by atoms with van der Waals surface area (Å²) in [5.74, 6) is -0.208. The molecule has 0 radical (unpaired) electrons. The van der Waals surface area contributed by atoms with Crippen LogP contribution < -0.4 is 10.6 Å². The van der Waals surface area contributed by atoms with Crippen molar-refractivity contribution in [3.63, 3.8) is 0 Å². The van der Waals surface area contributed by atoms with Gasteiger partial charge >= 0.3 is 0 Å². The highest BCUT2D eigenvalue weighted by Crippen LogP contribution is 2.18. The molecule has 0 spiro atoms. The fraction of sp³-hybridized carbons (Fsp3) is 0.0952. The number of anilines is 1. The molecular weight excluding hydrogens is 332 g/mol. The summed E-state index contributed by atoms with van der Waals surface area (Å²) in [6.45, 7) is 1.53. The number of benzene rings is 3. The van der Waals surface area contributed by atoms with E-state index in [1.807, 2.05) is 42.5 Å². The van der Waals surface area contributed by atoms with Crippen LogP contribution in [0.1, 0.15) is 21.5 Å². The summed E-state index contributed by atoms with van der Waals surface area (Å²) in [5.41, 5.74) is 3.57. The lowest BCUT2D eigenvalue weighted by Crippen LogP contribution is -2.14. The molecule has 0 aliphatic heterocycles. The fourth-order valence-corrected chi connectivity index (χ4v) is 2.77. The third-order valence-corrected chi connectivity index (χ3v) is 4.13. The van der Waals surface area contributed by atoms with Gasteiger partial charge in [0.2, 0.25) is 0 Å². The molecule has 0 unspecified atom stereocenters. The predicted octanol–water partition coefficient (Wildman–Crippen LogP) is 4.88. The van der Waals surface area contributed by atoms with Crippen LogP contribution in [0.4, 0.5) is 5.69 Å². The van der Waals surface area contributed by atoms with Crippen LogP contribution in [-0.2, 0) is 13.1 Å². The van der Waals surface area contributed by atoms with Crippen molar-refractivity contribution in [3.8, 4) is 0 Å². The molecule has 3 aromatic carbocycles. The molecule has 4 heteroatoms. The zero-order valence-corrected chi connectivity index (χ0v) is 14.5. The number of hydrogen-bond donors (Lipinski definition) is 2. The Morgan fingerprint density at radius 1 is 0.800 bits per heavy atom. The number of carbonyl (C=O) groups excluding carboxylic acids is 1. The summed E-state index contributed by atoms with van der Waals surface area (Å²) < 4.78 is 0. The summed E-state index contributed by atoms with van der Waals surface area (Å²) >= 11 is 6.07. The maximum Gasteiger partial charge on any atom is 0.257 e. The standard InChI is InChI=1S/C21H19ClN2O/c22-20-12-5-4-11-19(20)21(25)24-18-10-6-9-17(13-18)15-23-14-16-7-2-1-3-8-16/h1-13,23H,14-15H2,(H,24,25). The van der Waals surface area contributed by atoms with Gasteiger partial charge in [-0.15, -0.1) is 0 Å². The zero-order chi connectivity index (χ0) is 17.5. The largest absolute Gasteiger partial charge is 0.322 e. The van der Waals surface area contributed by atoms with Gasteiger partial charge in [-0.25, -0.2) is 0 Å². The van der Waals surface area contributed by atoms with E-state index < -0.39 is 0 Å². The normalized spacial score (nSPS) is 10.4. The molecule has 3 aromatic rings. The van der Waals surface area contributed by atoms with Crippen molar-refractivity contribution in [1.29, 1.82) is 0 Å². The van der Waals surface area contributed by atoms with E-state index in [0.29, 0.717) is 10.6 Å². The van der Waals surface area contributed by atoms with E-state index in [9.17, 15) is 4.79 Å². The average Bonchev–Trinajstić information content (AvgIpc) is 2.63. The van der Waals surface area contributed by atoms with Gasteiger partial charge in [-0.05, 0) is 35.4 Å². The first-order chi connectivity index (χ1) is 12.2. The van der Waals surface area contributed by atoms with E-state index in [1.54, 1.807) is 24.3 Å². The molecule has 25 heavy (non-hydrogen) atoms. The summed E-state index contributed by atoms with van der Waals surface area (Å²) in [7, 11) is 0.